The SMILES string of the molecule is Cc1nn(C)cc1Nc1ccc(C(F)(F)F)c(C(=O)O)c1. The standard InChI is InChI=1S/C13H12F3N3O2/c1-7-11(6-19(2)18-7)17-8-3-4-10(13(14,15)16)9(5-8)12(20)21/h3-6,17H,1-2H3,(H,20,21). The molecule has 0 bridgehead atoms. The van der Waals surface area contributed by atoms with Gasteiger partial charge in [-0.25, -0.2) is 4.79 Å². The van der Waals surface area contributed by atoms with Gasteiger partial charge in [0, 0.05) is 18.9 Å². The molecule has 112 valence electrons. The largest absolute Gasteiger partial charge is 0.478 e. The number of carboxylic acids is 1. The van der Waals surface area contributed by atoms with Crippen molar-refractivity contribution >= 4 is 17.3 Å². The van der Waals surface area contributed by atoms with Crippen LogP contribution in [0.5, 0.6) is 0 Å². The van der Waals surface area contributed by atoms with Crippen molar-refractivity contribution < 1.29 is 23.1 Å². The third-order valence-electron chi connectivity index (χ3n) is 2.85. The highest BCUT2D eigenvalue weighted by molar-refractivity contribution is 5.91. The molecule has 0 radical (unpaired) electrons. The number of nitrogens with one attached hydrogen (secondary N) is 1. The Bertz CT molecular complexity index is 692. The van der Waals surface area contributed by atoms with Crippen molar-refractivity contribution in [1.29, 1.82) is 0 Å². The van der Waals surface area contributed by atoms with Gasteiger partial charge in [0.1, 0.15) is 0 Å². The third kappa shape index (κ3) is 3.15. The number of aryl methyl sites for hydroxylation is 2. The van der Waals surface area contributed by atoms with E-state index in [-0.39, 0.29) is 5.69 Å². The van der Waals surface area contributed by atoms with Crippen molar-refractivity contribution in [3.8, 4) is 0 Å². The van der Waals surface area contributed by atoms with Gasteiger partial charge >= 0.3 is 12.1 Å². The number of aromatic carboxylic acids is 1. The lowest BCUT2D eigenvalue weighted by molar-refractivity contribution is -0.138. The van der Waals surface area contributed by atoms with E-state index >= 15 is 0 Å². The van der Waals surface area contributed by atoms with Crippen molar-refractivity contribution in [2.45, 2.75) is 13.1 Å². The van der Waals surface area contributed by atoms with Crippen molar-refractivity contribution in [3.63, 3.8) is 0 Å². The summed E-state index contributed by atoms with van der Waals surface area (Å²) in [5.41, 5.74) is -0.489. The molecule has 21 heavy (non-hydrogen) atoms. The summed E-state index contributed by atoms with van der Waals surface area (Å²) >= 11 is 0. The molecule has 2 N–H and O–H groups in total. The minimum absolute atomic E-state index is 0.247. The highest BCUT2D eigenvalue weighted by Gasteiger charge is 2.35. The zero-order valence-corrected chi connectivity index (χ0v) is 11.2. The number of halogens is 3. The van der Waals surface area contributed by atoms with Crippen LogP contribution in [0.3, 0.4) is 0 Å². The number of anilines is 2. The molecule has 0 atom stereocenters. The first-order chi connectivity index (χ1) is 9.68. The fourth-order valence-corrected chi connectivity index (χ4v) is 1.92. The van der Waals surface area contributed by atoms with Gasteiger partial charge in [0.05, 0.1) is 22.5 Å². The van der Waals surface area contributed by atoms with Crippen molar-refractivity contribution in [2.75, 3.05) is 5.32 Å². The minimum atomic E-state index is -4.71. The first-order valence-electron chi connectivity index (χ1n) is 5.90. The number of hydrogen-bond donors (Lipinski definition) is 2. The van der Waals surface area contributed by atoms with Crippen LogP contribution in [0.4, 0.5) is 24.5 Å². The van der Waals surface area contributed by atoms with Crippen LogP contribution in [0.25, 0.3) is 0 Å². The molecule has 5 nitrogen and oxygen atoms in total. The average molecular weight is 299 g/mol. The zero-order chi connectivity index (χ0) is 15.8. The van der Waals surface area contributed by atoms with Crippen LogP contribution >= 0.6 is 0 Å². The molecule has 8 heteroatoms. The summed E-state index contributed by atoms with van der Waals surface area (Å²) in [6.07, 6.45) is -3.07. The topological polar surface area (TPSA) is 67.2 Å². The summed E-state index contributed by atoms with van der Waals surface area (Å²) in [4.78, 5) is 11.0. The molecular formula is C13H12F3N3O2. The predicted octanol–water partition coefficient (Wildman–Crippen LogP) is 3.19. The summed E-state index contributed by atoms with van der Waals surface area (Å²) in [6.45, 7) is 1.73. The monoisotopic (exact) mass is 299 g/mol. The van der Waals surface area contributed by atoms with Crippen molar-refractivity contribution in [1.82, 2.24) is 9.78 Å². The lowest BCUT2D eigenvalue weighted by Gasteiger charge is -2.12. The quantitative estimate of drug-likeness (QED) is 0.913. The van der Waals surface area contributed by atoms with Crippen molar-refractivity contribution in [2.24, 2.45) is 7.05 Å². The second-order valence-electron chi connectivity index (χ2n) is 4.49. The number of nitrogens with zero attached hydrogens (tertiary/aromatic N) is 2. The Morgan fingerprint density at radius 1 is 1.38 bits per heavy atom. The van der Waals surface area contributed by atoms with Gasteiger partial charge in [-0.05, 0) is 25.1 Å². The van der Waals surface area contributed by atoms with E-state index in [1.165, 1.54) is 6.07 Å². The molecule has 2 rings (SSSR count). The molecule has 1 heterocycles. The lowest BCUT2D eigenvalue weighted by atomic mass is 10.1. The number of carboxylic acid groups (broad SMARTS) is 1. The number of benzene rings is 1. The maximum absolute atomic E-state index is 12.7. The van der Waals surface area contributed by atoms with Crippen LogP contribution in [0.2, 0.25) is 0 Å². The maximum atomic E-state index is 12.7. The minimum Gasteiger partial charge on any atom is -0.478 e. The number of alkyl halides is 3. The Balaban J connectivity index is 2.41. The molecule has 2 aromatic rings. The molecule has 0 aliphatic rings. The number of aromatic nitrogens is 2. The maximum Gasteiger partial charge on any atom is 0.417 e. The number of rotatable bonds is 3. The van der Waals surface area contributed by atoms with Gasteiger partial charge in [-0.1, -0.05) is 0 Å². The average Bonchev–Trinajstić information content (AvgIpc) is 2.66. The van der Waals surface area contributed by atoms with E-state index in [4.69, 9.17) is 5.11 Å². The first kappa shape index (κ1) is 14.9. The van der Waals surface area contributed by atoms with Crippen LogP contribution in [0.1, 0.15) is 21.6 Å². The summed E-state index contributed by atoms with van der Waals surface area (Å²) in [7, 11) is 1.70. The van der Waals surface area contributed by atoms with Crippen LogP contribution < -0.4 is 5.32 Å². The second kappa shape index (κ2) is 5.12. The van der Waals surface area contributed by atoms with E-state index in [9.17, 15) is 18.0 Å². The van der Waals surface area contributed by atoms with E-state index in [2.05, 4.69) is 10.4 Å². The van der Waals surface area contributed by atoms with Gasteiger partial charge in [-0.2, -0.15) is 18.3 Å². The fraction of sp³-hybridized carbons (Fsp3) is 0.231. The van der Waals surface area contributed by atoms with Gasteiger partial charge in [0.15, 0.2) is 0 Å². The highest BCUT2D eigenvalue weighted by atomic mass is 19.4. The molecular weight excluding hydrogens is 287 g/mol. The molecule has 0 aliphatic heterocycles. The van der Waals surface area contributed by atoms with Crippen LogP contribution in [0.15, 0.2) is 24.4 Å². The Kier molecular flexibility index (Phi) is 3.63. The van der Waals surface area contributed by atoms with Gasteiger partial charge in [-0.15, -0.1) is 0 Å². The molecule has 0 spiro atoms. The normalized spacial score (nSPS) is 11.5. The molecule has 0 unspecified atom stereocenters. The van der Waals surface area contributed by atoms with Gasteiger partial charge in [-0.3, -0.25) is 4.68 Å². The Labute approximate surface area is 118 Å². The molecule has 1 aromatic carbocycles. The van der Waals surface area contributed by atoms with Gasteiger partial charge in [0.2, 0.25) is 0 Å². The number of carbonyl (C=O) groups is 1. The van der Waals surface area contributed by atoms with E-state index in [1.807, 2.05) is 0 Å². The summed E-state index contributed by atoms with van der Waals surface area (Å²) in [5.74, 6) is -1.63. The van der Waals surface area contributed by atoms with Gasteiger partial charge < -0.3 is 10.4 Å². The van der Waals surface area contributed by atoms with Crippen LogP contribution in [0, 0.1) is 6.92 Å². The Morgan fingerprint density at radius 2 is 2.05 bits per heavy atom. The molecule has 0 aliphatic carbocycles. The fourth-order valence-electron chi connectivity index (χ4n) is 1.92. The molecule has 1 aromatic heterocycles. The van der Waals surface area contributed by atoms with E-state index in [0.29, 0.717) is 11.4 Å². The molecule has 0 saturated carbocycles. The Morgan fingerprint density at radius 3 is 2.52 bits per heavy atom. The smallest absolute Gasteiger partial charge is 0.417 e. The summed E-state index contributed by atoms with van der Waals surface area (Å²) in [5, 5.41) is 15.9. The molecule has 0 amide bonds. The van der Waals surface area contributed by atoms with E-state index in [0.717, 1.165) is 12.1 Å². The van der Waals surface area contributed by atoms with E-state index in [1.54, 1.807) is 24.9 Å². The summed E-state index contributed by atoms with van der Waals surface area (Å²) < 4.78 is 39.8. The lowest BCUT2D eigenvalue weighted by Crippen LogP contribution is -2.13. The van der Waals surface area contributed by atoms with E-state index < -0.39 is 23.3 Å². The predicted molar refractivity (Wildman–Crippen MR) is 69.6 cm³/mol. The Hall–Kier alpha value is -2.51. The second-order valence-corrected chi connectivity index (χ2v) is 4.49. The first-order valence-corrected chi connectivity index (χ1v) is 5.90. The van der Waals surface area contributed by atoms with Crippen LogP contribution in [-0.2, 0) is 13.2 Å². The summed E-state index contributed by atoms with van der Waals surface area (Å²) in [6, 6.07) is 2.89. The number of hydrogen-bond acceptors (Lipinski definition) is 3. The van der Waals surface area contributed by atoms with Gasteiger partial charge in [0.25, 0.3) is 0 Å². The molecule has 0 fully saturated rings. The zero-order valence-electron chi connectivity index (χ0n) is 11.2. The third-order valence-corrected chi connectivity index (χ3v) is 2.85. The highest BCUT2D eigenvalue weighted by Crippen LogP contribution is 2.34. The molecule has 0 saturated heterocycles. The van der Waals surface area contributed by atoms with Crippen LogP contribution in [-0.4, -0.2) is 20.9 Å². The van der Waals surface area contributed by atoms with Crippen molar-refractivity contribution in [3.05, 3.63) is 41.2 Å².